The zero-order valence-electron chi connectivity index (χ0n) is 21.9. The van der Waals surface area contributed by atoms with Crippen molar-refractivity contribution in [2.45, 2.75) is 51.1 Å². The second kappa shape index (κ2) is 13.4. The minimum Gasteiger partial charge on any atom is -0.354 e. The van der Waals surface area contributed by atoms with Crippen LogP contribution < -0.4 is 9.62 Å². The highest BCUT2D eigenvalue weighted by atomic mass is 35.5. The predicted octanol–water partition coefficient (Wildman–Crippen LogP) is 5.18. The van der Waals surface area contributed by atoms with Crippen molar-refractivity contribution >= 4 is 39.1 Å². The van der Waals surface area contributed by atoms with E-state index in [2.05, 4.69) is 5.32 Å². The lowest BCUT2D eigenvalue weighted by atomic mass is 10.1. The second-order valence-electron chi connectivity index (χ2n) is 9.13. The average Bonchev–Trinajstić information content (AvgIpc) is 2.90. The third-order valence-electron chi connectivity index (χ3n) is 6.16. The lowest BCUT2D eigenvalue weighted by Crippen LogP contribution is -2.51. The van der Waals surface area contributed by atoms with E-state index in [1.54, 1.807) is 37.3 Å². The second-order valence-corrected chi connectivity index (χ2v) is 11.4. The van der Waals surface area contributed by atoms with Crippen LogP contribution in [0.2, 0.25) is 5.02 Å². The number of benzene rings is 3. The molecule has 3 aromatic carbocycles. The van der Waals surface area contributed by atoms with Crippen LogP contribution in [-0.2, 0) is 26.2 Å². The van der Waals surface area contributed by atoms with Gasteiger partial charge < -0.3 is 10.2 Å². The van der Waals surface area contributed by atoms with E-state index in [0.29, 0.717) is 17.3 Å². The Balaban J connectivity index is 1.97. The van der Waals surface area contributed by atoms with E-state index >= 15 is 0 Å². The Labute approximate surface area is 230 Å². The number of hydrogen-bond donors (Lipinski definition) is 1. The fourth-order valence-electron chi connectivity index (χ4n) is 3.98. The molecule has 0 bridgehead atoms. The number of sulfonamides is 1. The number of carbonyl (C=O) groups is 2. The molecular weight excluding hydrogens is 522 g/mol. The number of nitrogens with zero attached hydrogens (tertiary/aromatic N) is 2. The molecule has 38 heavy (non-hydrogen) atoms. The Morgan fingerprint density at radius 2 is 1.66 bits per heavy atom. The van der Waals surface area contributed by atoms with Crippen LogP contribution in [-0.4, -0.2) is 44.3 Å². The minimum atomic E-state index is -4.12. The van der Waals surface area contributed by atoms with E-state index in [9.17, 15) is 18.0 Å². The maximum absolute atomic E-state index is 13.8. The number of carbonyl (C=O) groups excluding carboxylic acids is 2. The standard InChI is InChI=1S/C29H34ClN3O4S/c1-4-5-18-31-29(35)23(3)32(20-24-11-9-10-22(2)19-24)28(34)21-33(26-12-7-6-8-13-26)38(36,37)27-16-14-25(30)15-17-27/h6-17,19,23H,4-5,18,20-21H2,1-3H3,(H,31,35). The number of aryl methyl sites for hydroxylation is 1. The summed E-state index contributed by atoms with van der Waals surface area (Å²) in [7, 11) is -4.12. The number of unbranched alkanes of at least 4 members (excludes halogenated alkanes) is 1. The van der Waals surface area contributed by atoms with E-state index < -0.39 is 28.5 Å². The molecule has 3 rings (SSSR count). The van der Waals surface area contributed by atoms with E-state index in [1.165, 1.54) is 29.2 Å². The first kappa shape index (κ1) is 29.2. The molecule has 0 saturated carbocycles. The van der Waals surface area contributed by atoms with Crippen LogP contribution in [0.3, 0.4) is 0 Å². The topological polar surface area (TPSA) is 86.8 Å². The van der Waals surface area contributed by atoms with Gasteiger partial charge in [-0.3, -0.25) is 13.9 Å². The minimum absolute atomic E-state index is 0.00847. The molecule has 9 heteroatoms. The Bertz CT molecular complexity index is 1330. The smallest absolute Gasteiger partial charge is 0.264 e. The Hall–Kier alpha value is -3.36. The Kier molecular flexibility index (Phi) is 10.3. The molecule has 202 valence electrons. The zero-order chi connectivity index (χ0) is 27.7. The van der Waals surface area contributed by atoms with Crippen LogP contribution in [0.4, 0.5) is 5.69 Å². The number of nitrogens with one attached hydrogen (secondary N) is 1. The molecule has 0 spiro atoms. The molecule has 7 nitrogen and oxygen atoms in total. The quantitative estimate of drug-likeness (QED) is 0.312. The molecule has 0 radical (unpaired) electrons. The third-order valence-corrected chi connectivity index (χ3v) is 8.20. The molecule has 0 aliphatic carbocycles. The maximum atomic E-state index is 13.8. The number of amides is 2. The summed E-state index contributed by atoms with van der Waals surface area (Å²) in [5.41, 5.74) is 2.20. The zero-order valence-corrected chi connectivity index (χ0v) is 23.5. The molecule has 0 aliphatic heterocycles. The first-order valence-electron chi connectivity index (χ1n) is 12.6. The van der Waals surface area contributed by atoms with E-state index in [-0.39, 0.29) is 17.3 Å². The van der Waals surface area contributed by atoms with Gasteiger partial charge in [-0.15, -0.1) is 0 Å². The molecule has 0 fully saturated rings. The van der Waals surface area contributed by atoms with Crippen LogP contribution >= 0.6 is 11.6 Å². The summed E-state index contributed by atoms with van der Waals surface area (Å²) in [6.45, 7) is 5.83. The average molecular weight is 556 g/mol. The highest BCUT2D eigenvalue weighted by Gasteiger charge is 2.32. The summed E-state index contributed by atoms with van der Waals surface area (Å²) in [6.07, 6.45) is 1.75. The van der Waals surface area contributed by atoms with Crippen molar-refractivity contribution in [2.75, 3.05) is 17.4 Å². The Morgan fingerprint density at radius 3 is 2.29 bits per heavy atom. The SMILES string of the molecule is CCCCNC(=O)C(C)N(Cc1cccc(C)c1)C(=O)CN(c1ccccc1)S(=O)(=O)c1ccc(Cl)cc1. The summed E-state index contributed by atoms with van der Waals surface area (Å²) < 4.78 is 28.5. The molecule has 3 aromatic rings. The van der Waals surface area contributed by atoms with Crippen molar-refractivity contribution in [3.05, 3.63) is 95.0 Å². The van der Waals surface area contributed by atoms with Crippen molar-refractivity contribution in [2.24, 2.45) is 0 Å². The molecule has 0 saturated heterocycles. The molecule has 2 amide bonds. The summed E-state index contributed by atoms with van der Waals surface area (Å²) in [6, 6.07) is 21.1. The monoisotopic (exact) mass is 555 g/mol. The summed E-state index contributed by atoms with van der Waals surface area (Å²) in [4.78, 5) is 28.3. The van der Waals surface area contributed by atoms with Gasteiger partial charge in [-0.05, 0) is 62.2 Å². The van der Waals surface area contributed by atoms with Crippen LogP contribution in [0.15, 0.2) is 83.8 Å². The van der Waals surface area contributed by atoms with Crippen LogP contribution in [0.5, 0.6) is 0 Å². The number of rotatable bonds is 12. The van der Waals surface area contributed by atoms with Crippen molar-refractivity contribution in [1.29, 1.82) is 0 Å². The van der Waals surface area contributed by atoms with E-state index in [1.807, 2.05) is 38.1 Å². The number of para-hydroxylation sites is 1. The van der Waals surface area contributed by atoms with Gasteiger partial charge in [-0.1, -0.05) is 73.0 Å². The molecule has 1 atom stereocenters. The van der Waals surface area contributed by atoms with Crippen molar-refractivity contribution in [3.8, 4) is 0 Å². The van der Waals surface area contributed by atoms with Crippen molar-refractivity contribution in [3.63, 3.8) is 0 Å². The van der Waals surface area contributed by atoms with Gasteiger partial charge in [0.05, 0.1) is 10.6 Å². The lowest BCUT2D eigenvalue weighted by Gasteiger charge is -2.32. The summed E-state index contributed by atoms with van der Waals surface area (Å²) in [5, 5.41) is 3.29. The molecule has 1 unspecified atom stereocenters. The molecular formula is C29H34ClN3O4S. The van der Waals surface area contributed by atoms with Crippen LogP contribution in [0.25, 0.3) is 0 Å². The summed E-state index contributed by atoms with van der Waals surface area (Å²) in [5.74, 6) is -0.780. The van der Waals surface area contributed by atoms with Crippen LogP contribution in [0.1, 0.15) is 37.8 Å². The number of hydrogen-bond acceptors (Lipinski definition) is 4. The molecule has 1 N–H and O–H groups in total. The first-order chi connectivity index (χ1) is 18.1. The molecule has 0 heterocycles. The Morgan fingerprint density at radius 1 is 0.974 bits per heavy atom. The normalized spacial score (nSPS) is 12.0. The summed E-state index contributed by atoms with van der Waals surface area (Å²) >= 11 is 5.98. The lowest BCUT2D eigenvalue weighted by molar-refractivity contribution is -0.139. The highest BCUT2D eigenvalue weighted by Crippen LogP contribution is 2.25. The van der Waals surface area contributed by atoms with Crippen LogP contribution in [0, 0.1) is 6.92 Å². The number of anilines is 1. The van der Waals surface area contributed by atoms with Gasteiger partial charge in [0.1, 0.15) is 12.6 Å². The predicted molar refractivity (Wildman–Crippen MR) is 152 cm³/mol. The van der Waals surface area contributed by atoms with Gasteiger partial charge in [0, 0.05) is 18.1 Å². The molecule has 0 aromatic heterocycles. The van der Waals surface area contributed by atoms with Gasteiger partial charge in [-0.25, -0.2) is 8.42 Å². The van der Waals surface area contributed by atoms with Gasteiger partial charge in [0.15, 0.2) is 0 Å². The van der Waals surface area contributed by atoms with E-state index in [4.69, 9.17) is 11.6 Å². The third kappa shape index (κ3) is 7.58. The van der Waals surface area contributed by atoms with Gasteiger partial charge >= 0.3 is 0 Å². The number of halogens is 1. The largest absolute Gasteiger partial charge is 0.354 e. The van der Waals surface area contributed by atoms with E-state index in [0.717, 1.165) is 28.3 Å². The van der Waals surface area contributed by atoms with Crippen molar-refractivity contribution in [1.82, 2.24) is 10.2 Å². The highest BCUT2D eigenvalue weighted by molar-refractivity contribution is 7.92. The molecule has 0 aliphatic rings. The fraction of sp³-hybridized carbons (Fsp3) is 0.310. The maximum Gasteiger partial charge on any atom is 0.264 e. The first-order valence-corrected chi connectivity index (χ1v) is 14.4. The van der Waals surface area contributed by atoms with Gasteiger partial charge in [-0.2, -0.15) is 0 Å². The fourth-order valence-corrected chi connectivity index (χ4v) is 5.52. The van der Waals surface area contributed by atoms with Gasteiger partial charge in [0.25, 0.3) is 10.0 Å². The van der Waals surface area contributed by atoms with Gasteiger partial charge in [0.2, 0.25) is 11.8 Å². The van der Waals surface area contributed by atoms with Crippen molar-refractivity contribution < 1.29 is 18.0 Å².